The highest BCUT2D eigenvalue weighted by atomic mass is 79.9. The molecule has 0 aromatic heterocycles. The predicted octanol–water partition coefficient (Wildman–Crippen LogP) is 3.74. The van der Waals surface area contributed by atoms with Crippen LogP contribution in [0.4, 0.5) is 5.69 Å². The van der Waals surface area contributed by atoms with Crippen molar-refractivity contribution in [3.63, 3.8) is 0 Å². The van der Waals surface area contributed by atoms with Crippen LogP contribution in [0.1, 0.15) is 16.7 Å². The number of benzene rings is 2. The first kappa shape index (κ1) is 15.5. The van der Waals surface area contributed by atoms with Crippen molar-refractivity contribution >= 4 is 31.6 Å². The third-order valence-electron chi connectivity index (χ3n) is 2.98. The van der Waals surface area contributed by atoms with Gasteiger partial charge < -0.3 is 0 Å². The molecule has 2 aromatic carbocycles. The molecule has 0 fully saturated rings. The van der Waals surface area contributed by atoms with Crippen LogP contribution in [0.3, 0.4) is 0 Å². The summed E-state index contributed by atoms with van der Waals surface area (Å²) in [6, 6.07) is 12.0. The summed E-state index contributed by atoms with van der Waals surface area (Å²) in [4.78, 5) is 0.249. The van der Waals surface area contributed by atoms with E-state index in [1.807, 2.05) is 19.1 Å². The van der Waals surface area contributed by atoms with Crippen LogP contribution in [-0.4, -0.2) is 8.42 Å². The van der Waals surface area contributed by atoms with E-state index in [9.17, 15) is 8.42 Å². The number of nitrogens with one attached hydrogen (secondary N) is 1. The number of nitriles is 1. The van der Waals surface area contributed by atoms with Crippen LogP contribution in [0, 0.1) is 25.2 Å². The van der Waals surface area contributed by atoms with Crippen molar-refractivity contribution in [2.24, 2.45) is 0 Å². The molecule has 108 valence electrons. The fraction of sp³-hybridized carbons (Fsp3) is 0.133. The molecule has 0 saturated heterocycles. The molecular formula is C15H13BrN2O2S. The lowest BCUT2D eigenvalue weighted by atomic mass is 10.2. The van der Waals surface area contributed by atoms with Crippen LogP contribution < -0.4 is 4.72 Å². The number of rotatable bonds is 3. The Bertz CT molecular complexity index is 839. The zero-order chi connectivity index (χ0) is 15.6. The Labute approximate surface area is 132 Å². The van der Waals surface area contributed by atoms with Crippen LogP contribution in [0.15, 0.2) is 45.8 Å². The summed E-state index contributed by atoms with van der Waals surface area (Å²) >= 11 is 3.27. The Morgan fingerprint density at radius 1 is 1.14 bits per heavy atom. The Morgan fingerprint density at radius 3 is 2.48 bits per heavy atom. The maximum atomic E-state index is 12.5. The Morgan fingerprint density at radius 2 is 1.86 bits per heavy atom. The van der Waals surface area contributed by atoms with Crippen molar-refractivity contribution < 1.29 is 8.42 Å². The molecule has 0 aliphatic carbocycles. The first-order valence-corrected chi connectivity index (χ1v) is 8.41. The number of aryl methyl sites for hydroxylation is 2. The normalized spacial score (nSPS) is 11.0. The van der Waals surface area contributed by atoms with Gasteiger partial charge in [-0.15, -0.1) is 0 Å². The zero-order valence-electron chi connectivity index (χ0n) is 11.5. The molecule has 0 spiro atoms. The standard InChI is InChI=1S/C15H13BrN2O2S/c1-10-3-4-11(2)15(7-10)21(19,20)18-14-6-5-12(9-17)8-13(14)16/h3-8,18H,1-2H3. The van der Waals surface area contributed by atoms with Crippen molar-refractivity contribution in [3.8, 4) is 6.07 Å². The van der Waals surface area contributed by atoms with Crippen molar-refractivity contribution in [3.05, 3.63) is 57.6 Å². The summed E-state index contributed by atoms with van der Waals surface area (Å²) < 4.78 is 28.0. The molecule has 0 atom stereocenters. The van der Waals surface area contributed by atoms with Gasteiger partial charge in [0.2, 0.25) is 0 Å². The fourth-order valence-corrected chi connectivity index (χ4v) is 3.88. The van der Waals surface area contributed by atoms with Gasteiger partial charge in [0.05, 0.1) is 22.2 Å². The van der Waals surface area contributed by atoms with Gasteiger partial charge in [-0.25, -0.2) is 8.42 Å². The lowest BCUT2D eigenvalue weighted by Gasteiger charge is -2.12. The molecule has 4 nitrogen and oxygen atoms in total. The summed E-state index contributed by atoms with van der Waals surface area (Å²) in [7, 11) is -3.67. The first-order chi connectivity index (χ1) is 9.83. The summed E-state index contributed by atoms with van der Waals surface area (Å²) in [5, 5.41) is 8.82. The second-order valence-electron chi connectivity index (χ2n) is 4.68. The van der Waals surface area contributed by atoms with E-state index in [0.29, 0.717) is 21.3 Å². The second-order valence-corrected chi connectivity index (χ2v) is 7.19. The Hall–Kier alpha value is -1.84. The van der Waals surface area contributed by atoms with Gasteiger partial charge >= 0.3 is 0 Å². The molecule has 1 N–H and O–H groups in total. The van der Waals surface area contributed by atoms with E-state index in [0.717, 1.165) is 5.56 Å². The third-order valence-corrected chi connectivity index (χ3v) is 5.14. The number of halogens is 1. The largest absolute Gasteiger partial charge is 0.278 e. The topological polar surface area (TPSA) is 70.0 Å². The first-order valence-electron chi connectivity index (χ1n) is 6.13. The molecule has 0 saturated carbocycles. The summed E-state index contributed by atoms with van der Waals surface area (Å²) in [6.45, 7) is 3.60. The lowest BCUT2D eigenvalue weighted by molar-refractivity contribution is 0.600. The molecule has 2 aromatic rings. The predicted molar refractivity (Wildman–Crippen MR) is 85.6 cm³/mol. The van der Waals surface area contributed by atoms with Gasteiger partial charge in [0.15, 0.2) is 0 Å². The molecule has 0 aliphatic heterocycles. The van der Waals surface area contributed by atoms with Crippen LogP contribution in [0.25, 0.3) is 0 Å². The van der Waals surface area contributed by atoms with Gasteiger partial charge in [0.25, 0.3) is 10.0 Å². The van der Waals surface area contributed by atoms with E-state index in [1.54, 1.807) is 37.3 Å². The maximum absolute atomic E-state index is 12.5. The number of nitrogens with zero attached hydrogens (tertiary/aromatic N) is 1. The fourth-order valence-electron chi connectivity index (χ4n) is 1.86. The highest BCUT2D eigenvalue weighted by Crippen LogP contribution is 2.27. The summed E-state index contributed by atoms with van der Waals surface area (Å²) in [5.41, 5.74) is 2.41. The van der Waals surface area contributed by atoms with Gasteiger partial charge in [-0.3, -0.25) is 4.72 Å². The van der Waals surface area contributed by atoms with E-state index < -0.39 is 10.0 Å². The minimum absolute atomic E-state index is 0.249. The van der Waals surface area contributed by atoms with E-state index in [1.165, 1.54) is 0 Å². The molecule has 0 amide bonds. The molecule has 6 heteroatoms. The van der Waals surface area contributed by atoms with Crippen molar-refractivity contribution in [2.45, 2.75) is 18.7 Å². The van der Waals surface area contributed by atoms with Crippen LogP contribution in [-0.2, 0) is 10.0 Å². The zero-order valence-corrected chi connectivity index (χ0v) is 13.9. The Balaban J connectivity index is 2.43. The molecule has 21 heavy (non-hydrogen) atoms. The van der Waals surface area contributed by atoms with Crippen LogP contribution in [0.2, 0.25) is 0 Å². The third kappa shape index (κ3) is 3.43. The van der Waals surface area contributed by atoms with Gasteiger partial charge in [-0.1, -0.05) is 12.1 Å². The van der Waals surface area contributed by atoms with Gasteiger partial charge in [-0.05, 0) is 65.2 Å². The van der Waals surface area contributed by atoms with Crippen LogP contribution in [0.5, 0.6) is 0 Å². The van der Waals surface area contributed by atoms with Crippen molar-refractivity contribution in [1.82, 2.24) is 0 Å². The number of hydrogen-bond donors (Lipinski definition) is 1. The summed E-state index contributed by atoms with van der Waals surface area (Å²) in [6.07, 6.45) is 0. The van der Waals surface area contributed by atoms with Gasteiger partial charge in [-0.2, -0.15) is 5.26 Å². The second kappa shape index (κ2) is 5.88. The SMILES string of the molecule is Cc1ccc(C)c(S(=O)(=O)Nc2ccc(C#N)cc2Br)c1. The summed E-state index contributed by atoms with van der Waals surface area (Å²) in [5.74, 6) is 0. The molecule has 0 unspecified atom stereocenters. The van der Waals surface area contributed by atoms with Crippen molar-refractivity contribution in [2.75, 3.05) is 4.72 Å². The lowest BCUT2D eigenvalue weighted by Crippen LogP contribution is -2.14. The van der Waals surface area contributed by atoms with Gasteiger partial charge in [0, 0.05) is 4.47 Å². The van der Waals surface area contributed by atoms with E-state index in [-0.39, 0.29) is 4.90 Å². The molecule has 0 aliphatic rings. The number of anilines is 1. The van der Waals surface area contributed by atoms with E-state index in [4.69, 9.17) is 5.26 Å². The quantitative estimate of drug-likeness (QED) is 0.901. The molecule has 0 radical (unpaired) electrons. The average Bonchev–Trinajstić information content (AvgIpc) is 2.43. The highest BCUT2D eigenvalue weighted by molar-refractivity contribution is 9.10. The molecule has 2 rings (SSSR count). The number of sulfonamides is 1. The van der Waals surface area contributed by atoms with Crippen molar-refractivity contribution in [1.29, 1.82) is 5.26 Å². The molecular weight excluding hydrogens is 352 g/mol. The maximum Gasteiger partial charge on any atom is 0.262 e. The monoisotopic (exact) mass is 364 g/mol. The molecule has 0 heterocycles. The van der Waals surface area contributed by atoms with Crippen LogP contribution >= 0.6 is 15.9 Å². The highest BCUT2D eigenvalue weighted by Gasteiger charge is 2.18. The van der Waals surface area contributed by atoms with Gasteiger partial charge in [0.1, 0.15) is 0 Å². The average molecular weight is 365 g/mol. The molecule has 0 bridgehead atoms. The Kier molecular flexibility index (Phi) is 4.35. The number of hydrogen-bond acceptors (Lipinski definition) is 3. The minimum Gasteiger partial charge on any atom is -0.278 e. The van der Waals surface area contributed by atoms with E-state index >= 15 is 0 Å². The van der Waals surface area contributed by atoms with E-state index in [2.05, 4.69) is 20.7 Å². The minimum atomic E-state index is -3.67. The smallest absolute Gasteiger partial charge is 0.262 e.